The third-order valence-electron chi connectivity index (χ3n) is 4.17. The fourth-order valence-electron chi connectivity index (χ4n) is 2.87. The maximum absolute atomic E-state index is 13.5. The summed E-state index contributed by atoms with van der Waals surface area (Å²) in [6, 6.07) is 11.9. The number of hydrogen-bond donors (Lipinski definition) is 1. The Labute approximate surface area is 154 Å². The zero-order chi connectivity index (χ0) is 17.3. The highest BCUT2D eigenvalue weighted by Gasteiger charge is 2.33. The van der Waals surface area contributed by atoms with Gasteiger partial charge >= 0.3 is 0 Å². The Morgan fingerprint density at radius 3 is 2.46 bits per heavy atom. The SMILES string of the molecule is O=S(=O)(Cc1ccc(Br)c(F)c1)NC1CC(c2ccc(Cl)cc2)C1. The van der Waals surface area contributed by atoms with E-state index in [-0.39, 0.29) is 11.8 Å². The van der Waals surface area contributed by atoms with Gasteiger partial charge in [0, 0.05) is 11.1 Å². The van der Waals surface area contributed by atoms with Crippen LogP contribution in [0.4, 0.5) is 4.39 Å². The van der Waals surface area contributed by atoms with E-state index in [1.54, 1.807) is 6.07 Å². The zero-order valence-corrected chi connectivity index (χ0v) is 15.8. The molecule has 2 aromatic rings. The molecule has 0 unspecified atom stereocenters. The van der Waals surface area contributed by atoms with Gasteiger partial charge in [-0.1, -0.05) is 29.8 Å². The van der Waals surface area contributed by atoms with Crippen molar-refractivity contribution in [3.8, 4) is 0 Å². The molecule has 24 heavy (non-hydrogen) atoms. The van der Waals surface area contributed by atoms with Gasteiger partial charge in [-0.3, -0.25) is 0 Å². The molecule has 128 valence electrons. The lowest BCUT2D eigenvalue weighted by molar-refractivity contribution is 0.326. The van der Waals surface area contributed by atoms with Crippen LogP contribution in [0.2, 0.25) is 5.02 Å². The van der Waals surface area contributed by atoms with Gasteiger partial charge in [-0.05, 0) is 70.1 Å². The molecule has 0 spiro atoms. The Hall–Kier alpha value is -0.950. The molecule has 7 heteroatoms. The predicted octanol–water partition coefficient (Wildman–Crippen LogP) is 4.61. The first-order chi connectivity index (χ1) is 11.3. The summed E-state index contributed by atoms with van der Waals surface area (Å²) in [7, 11) is -3.49. The lowest BCUT2D eigenvalue weighted by Gasteiger charge is -2.36. The lowest BCUT2D eigenvalue weighted by atomic mass is 9.76. The predicted molar refractivity (Wildman–Crippen MR) is 97.1 cm³/mol. The molecule has 0 amide bonds. The number of halogens is 3. The van der Waals surface area contributed by atoms with Crippen LogP contribution in [0.15, 0.2) is 46.9 Å². The molecule has 1 saturated carbocycles. The summed E-state index contributed by atoms with van der Waals surface area (Å²) in [5.41, 5.74) is 1.60. The third kappa shape index (κ3) is 4.36. The number of nitrogens with one attached hydrogen (secondary N) is 1. The van der Waals surface area contributed by atoms with Gasteiger partial charge in [0.25, 0.3) is 0 Å². The van der Waals surface area contributed by atoms with Gasteiger partial charge in [-0.25, -0.2) is 17.5 Å². The molecule has 1 aliphatic carbocycles. The molecule has 1 aliphatic rings. The van der Waals surface area contributed by atoms with Crippen LogP contribution in [-0.4, -0.2) is 14.5 Å². The fourth-order valence-corrected chi connectivity index (χ4v) is 4.64. The van der Waals surface area contributed by atoms with Crippen molar-refractivity contribution in [3.05, 3.63) is 68.9 Å². The van der Waals surface area contributed by atoms with Crippen LogP contribution in [0.25, 0.3) is 0 Å². The highest BCUT2D eigenvalue weighted by Crippen LogP contribution is 2.37. The van der Waals surface area contributed by atoms with Gasteiger partial charge in [0.1, 0.15) is 5.82 Å². The summed E-state index contributed by atoms with van der Waals surface area (Å²) >= 11 is 8.92. The molecular weight excluding hydrogens is 417 g/mol. The molecule has 0 atom stereocenters. The molecule has 3 rings (SSSR count). The molecule has 1 N–H and O–H groups in total. The molecule has 0 aromatic heterocycles. The standard InChI is InChI=1S/C17H16BrClFNO2S/c18-16-6-1-11(7-17(16)20)10-24(22,23)21-15-8-13(9-15)12-2-4-14(19)5-3-12/h1-7,13,15,21H,8-10H2. The summed E-state index contributed by atoms with van der Waals surface area (Å²) in [6.45, 7) is 0. The Bertz CT molecular complexity index is 836. The Morgan fingerprint density at radius 2 is 1.83 bits per heavy atom. The summed E-state index contributed by atoms with van der Waals surface area (Å²) in [5.74, 6) is -0.339. The Kier molecular flexibility index (Phi) is 5.30. The van der Waals surface area contributed by atoms with E-state index in [9.17, 15) is 12.8 Å². The quantitative estimate of drug-likeness (QED) is 0.750. The van der Waals surface area contributed by atoms with Crippen molar-refractivity contribution in [2.45, 2.75) is 30.6 Å². The average molecular weight is 433 g/mol. The summed E-state index contributed by atoms with van der Waals surface area (Å²) in [6.07, 6.45) is 1.52. The van der Waals surface area contributed by atoms with Crippen LogP contribution in [0.3, 0.4) is 0 Å². The van der Waals surface area contributed by atoms with Gasteiger partial charge < -0.3 is 0 Å². The van der Waals surface area contributed by atoms with Crippen LogP contribution >= 0.6 is 27.5 Å². The van der Waals surface area contributed by atoms with Crippen molar-refractivity contribution in [1.82, 2.24) is 4.72 Å². The number of sulfonamides is 1. The second-order valence-electron chi connectivity index (χ2n) is 6.04. The molecule has 2 aromatic carbocycles. The second-order valence-corrected chi connectivity index (χ2v) is 9.09. The van der Waals surface area contributed by atoms with Crippen molar-refractivity contribution in [2.24, 2.45) is 0 Å². The number of hydrogen-bond acceptors (Lipinski definition) is 2. The average Bonchev–Trinajstić information content (AvgIpc) is 2.47. The van der Waals surface area contributed by atoms with Crippen LogP contribution in [-0.2, 0) is 15.8 Å². The van der Waals surface area contributed by atoms with Gasteiger partial charge in [0.2, 0.25) is 10.0 Å². The maximum Gasteiger partial charge on any atom is 0.216 e. The smallest absolute Gasteiger partial charge is 0.212 e. The van der Waals surface area contributed by atoms with E-state index in [1.807, 2.05) is 24.3 Å². The molecular formula is C17H16BrClFNO2S. The van der Waals surface area contributed by atoms with Gasteiger partial charge in [0.05, 0.1) is 10.2 Å². The van der Waals surface area contributed by atoms with E-state index < -0.39 is 15.8 Å². The largest absolute Gasteiger partial charge is 0.216 e. The number of benzene rings is 2. The van der Waals surface area contributed by atoms with Crippen molar-refractivity contribution in [1.29, 1.82) is 0 Å². The third-order valence-corrected chi connectivity index (χ3v) is 6.47. The Morgan fingerprint density at radius 1 is 1.17 bits per heavy atom. The van der Waals surface area contributed by atoms with Gasteiger partial charge in [-0.2, -0.15) is 0 Å². The highest BCUT2D eigenvalue weighted by atomic mass is 79.9. The first-order valence-corrected chi connectivity index (χ1v) is 10.3. The van der Waals surface area contributed by atoms with Crippen LogP contribution < -0.4 is 4.72 Å². The highest BCUT2D eigenvalue weighted by molar-refractivity contribution is 9.10. The van der Waals surface area contributed by atoms with E-state index in [0.29, 0.717) is 21.0 Å². The fraction of sp³-hybridized carbons (Fsp3) is 0.294. The minimum absolute atomic E-state index is 0.0732. The first kappa shape index (κ1) is 17.9. The summed E-state index contributed by atoms with van der Waals surface area (Å²) in [5, 5.41) is 0.692. The topological polar surface area (TPSA) is 46.2 Å². The molecule has 3 nitrogen and oxygen atoms in total. The molecule has 0 radical (unpaired) electrons. The molecule has 0 heterocycles. The molecule has 0 saturated heterocycles. The normalized spacial score (nSPS) is 20.6. The molecule has 1 fully saturated rings. The van der Waals surface area contributed by atoms with E-state index >= 15 is 0 Å². The minimum Gasteiger partial charge on any atom is -0.212 e. The van der Waals surface area contributed by atoms with E-state index in [2.05, 4.69) is 20.7 Å². The van der Waals surface area contributed by atoms with E-state index in [1.165, 1.54) is 17.7 Å². The summed E-state index contributed by atoms with van der Waals surface area (Å²) in [4.78, 5) is 0. The molecule has 0 bridgehead atoms. The van der Waals surface area contributed by atoms with Crippen molar-refractivity contribution in [2.75, 3.05) is 0 Å². The van der Waals surface area contributed by atoms with Crippen molar-refractivity contribution in [3.63, 3.8) is 0 Å². The van der Waals surface area contributed by atoms with Crippen molar-refractivity contribution < 1.29 is 12.8 Å². The minimum atomic E-state index is -3.49. The van der Waals surface area contributed by atoms with Crippen LogP contribution in [0.5, 0.6) is 0 Å². The Balaban J connectivity index is 1.56. The van der Waals surface area contributed by atoms with Gasteiger partial charge in [0.15, 0.2) is 0 Å². The van der Waals surface area contributed by atoms with E-state index in [0.717, 1.165) is 12.8 Å². The number of rotatable bonds is 5. The maximum atomic E-state index is 13.5. The van der Waals surface area contributed by atoms with Crippen molar-refractivity contribution >= 4 is 37.6 Å². The van der Waals surface area contributed by atoms with E-state index in [4.69, 9.17) is 11.6 Å². The summed E-state index contributed by atoms with van der Waals surface area (Å²) < 4.78 is 41.0. The van der Waals surface area contributed by atoms with Crippen LogP contribution in [0.1, 0.15) is 29.9 Å². The zero-order valence-electron chi connectivity index (χ0n) is 12.7. The first-order valence-electron chi connectivity index (χ1n) is 7.52. The molecule has 0 aliphatic heterocycles. The second kappa shape index (κ2) is 7.12. The monoisotopic (exact) mass is 431 g/mol. The van der Waals surface area contributed by atoms with Gasteiger partial charge in [-0.15, -0.1) is 0 Å². The van der Waals surface area contributed by atoms with Crippen LogP contribution in [0, 0.1) is 5.82 Å². The lowest BCUT2D eigenvalue weighted by Crippen LogP contribution is -2.43.